The maximum Gasteiger partial charge on any atom is 0.253 e. The predicted octanol–water partition coefficient (Wildman–Crippen LogP) is 2.52. The number of allylic oxidation sites excluding steroid dienone is 2. The van der Waals surface area contributed by atoms with Crippen molar-refractivity contribution >= 4 is 23.4 Å². The normalized spacial score (nSPS) is 26.0. The van der Waals surface area contributed by atoms with Crippen LogP contribution in [0.4, 0.5) is 5.69 Å². The third kappa shape index (κ3) is 3.36. The molecule has 0 saturated carbocycles. The SMILES string of the molecule is CC1CCN(C(=O)c2cccc(N3NC(=O)C4CC=CCC4C3=O)c2)CC1. The summed E-state index contributed by atoms with van der Waals surface area (Å²) in [6.07, 6.45) is 7.14. The molecule has 1 aromatic carbocycles. The Bertz CT molecular complexity index is 796. The molecule has 3 aliphatic rings. The van der Waals surface area contributed by atoms with E-state index in [0.717, 1.165) is 25.9 Å². The highest BCUT2D eigenvalue weighted by Crippen LogP contribution is 2.32. The highest BCUT2D eigenvalue weighted by Gasteiger charge is 2.42. The first kappa shape index (κ1) is 17.8. The zero-order valence-corrected chi connectivity index (χ0v) is 15.6. The van der Waals surface area contributed by atoms with Gasteiger partial charge in [0.1, 0.15) is 0 Å². The monoisotopic (exact) mass is 367 g/mol. The van der Waals surface area contributed by atoms with Crippen molar-refractivity contribution in [2.75, 3.05) is 18.1 Å². The Morgan fingerprint density at radius 3 is 2.52 bits per heavy atom. The summed E-state index contributed by atoms with van der Waals surface area (Å²) in [5, 5.41) is 1.32. The van der Waals surface area contributed by atoms with E-state index < -0.39 is 0 Å². The number of piperidine rings is 1. The van der Waals surface area contributed by atoms with Crippen molar-refractivity contribution in [3.63, 3.8) is 0 Å². The molecule has 142 valence electrons. The number of anilines is 1. The van der Waals surface area contributed by atoms with E-state index in [1.807, 2.05) is 17.1 Å². The van der Waals surface area contributed by atoms with Gasteiger partial charge in [-0.25, -0.2) is 5.01 Å². The fraction of sp³-hybridized carbons (Fsp3) is 0.476. The maximum absolute atomic E-state index is 12.9. The van der Waals surface area contributed by atoms with Crippen LogP contribution in [0.2, 0.25) is 0 Å². The van der Waals surface area contributed by atoms with Crippen molar-refractivity contribution in [1.82, 2.24) is 10.3 Å². The summed E-state index contributed by atoms with van der Waals surface area (Å²) < 4.78 is 0. The summed E-state index contributed by atoms with van der Waals surface area (Å²) in [6.45, 7) is 3.74. The minimum atomic E-state index is -0.327. The second-order valence-corrected chi connectivity index (χ2v) is 7.83. The zero-order chi connectivity index (χ0) is 19.0. The number of fused-ring (bicyclic) bond motifs is 1. The first-order valence-corrected chi connectivity index (χ1v) is 9.73. The molecule has 0 spiro atoms. The Kier molecular flexibility index (Phi) is 4.72. The smallest absolute Gasteiger partial charge is 0.253 e. The quantitative estimate of drug-likeness (QED) is 0.817. The first-order chi connectivity index (χ1) is 13.0. The summed E-state index contributed by atoms with van der Waals surface area (Å²) in [4.78, 5) is 40.1. The number of nitrogens with zero attached hydrogens (tertiary/aromatic N) is 2. The van der Waals surface area contributed by atoms with Crippen LogP contribution in [0, 0.1) is 17.8 Å². The number of rotatable bonds is 2. The molecular formula is C21H25N3O3. The van der Waals surface area contributed by atoms with Crippen molar-refractivity contribution in [2.24, 2.45) is 17.8 Å². The van der Waals surface area contributed by atoms with E-state index in [1.165, 1.54) is 5.01 Å². The molecule has 2 fully saturated rings. The van der Waals surface area contributed by atoms with Crippen molar-refractivity contribution in [3.05, 3.63) is 42.0 Å². The molecule has 0 radical (unpaired) electrons. The number of likely N-dealkylation sites (tertiary alicyclic amines) is 1. The fourth-order valence-electron chi connectivity index (χ4n) is 4.15. The molecule has 6 nitrogen and oxygen atoms in total. The van der Waals surface area contributed by atoms with E-state index in [9.17, 15) is 14.4 Å². The molecule has 1 N–H and O–H groups in total. The largest absolute Gasteiger partial charge is 0.339 e. The number of nitrogens with one attached hydrogen (secondary N) is 1. The van der Waals surface area contributed by atoms with Gasteiger partial charge < -0.3 is 4.90 Å². The van der Waals surface area contributed by atoms with Gasteiger partial charge in [0, 0.05) is 18.7 Å². The van der Waals surface area contributed by atoms with Gasteiger partial charge in [0.25, 0.3) is 5.91 Å². The Balaban J connectivity index is 1.55. The lowest BCUT2D eigenvalue weighted by atomic mass is 9.80. The first-order valence-electron chi connectivity index (χ1n) is 9.73. The molecular weight excluding hydrogens is 342 g/mol. The van der Waals surface area contributed by atoms with Crippen molar-refractivity contribution in [3.8, 4) is 0 Å². The standard InChI is InChI=1S/C21H25N3O3/c1-14-9-11-23(12-10-14)20(26)15-5-4-6-16(13-15)24-21(27)18-8-3-2-7-17(18)19(25)22-24/h2-6,13-14,17-18H,7-12H2,1H3,(H,22,25). The number of hydrogen-bond donors (Lipinski definition) is 1. The van der Waals surface area contributed by atoms with Crippen molar-refractivity contribution < 1.29 is 14.4 Å². The fourth-order valence-corrected chi connectivity index (χ4v) is 4.15. The second kappa shape index (κ2) is 7.18. The van der Waals surface area contributed by atoms with Crippen LogP contribution >= 0.6 is 0 Å². The van der Waals surface area contributed by atoms with E-state index in [4.69, 9.17) is 0 Å². The number of carbonyl (C=O) groups is 3. The van der Waals surface area contributed by atoms with Crippen LogP contribution in [0.25, 0.3) is 0 Å². The van der Waals surface area contributed by atoms with Crippen LogP contribution in [-0.4, -0.2) is 35.7 Å². The number of amides is 3. The second-order valence-electron chi connectivity index (χ2n) is 7.83. The Hall–Kier alpha value is -2.63. The number of carbonyl (C=O) groups excluding carboxylic acids is 3. The summed E-state index contributed by atoms with van der Waals surface area (Å²) in [6, 6.07) is 7.00. The minimum absolute atomic E-state index is 0.0157. The third-order valence-electron chi connectivity index (χ3n) is 5.95. The summed E-state index contributed by atoms with van der Waals surface area (Å²) >= 11 is 0. The molecule has 1 aliphatic carbocycles. The van der Waals surface area contributed by atoms with E-state index in [0.29, 0.717) is 30.0 Å². The number of hydrogen-bond acceptors (Lipinski definition) is 3. The Labute approximate surface area is 159 Å². The molecule has 1 aromatic rings. The Morgan fingerprint density at radius 2 is 1.78 bits per heavy atom. The highest BCUT2D eigenvalue weighted by molar-refractivity contribution is 6.05. The van der Waals surface area contributed by atoms with Gasteiger partial charge in [-0.3, -0.25) is 19.8 Å². The van der Waals surface area contributed by atoms with Crippen molar-refractivity contribution in [1.29, 1.82) is 0 Å². The summed E-state index contributed by atoms with van der Waals surface area (Å²) in [5.74, 6) is -0.228. The number of benzene rings is 1. The number of hydrazine groups is 1. The molecule has 27 heavy (non-hydrogen) atoms. The molecule has 0 bridgehead atoms. The maximum atomic E-state index is 12.9. The molecule has 2 atom stereocenters. The van der Waals surface area contributed by atoms with E-state index >= 15 is 0 Å². The topological polar surface area (TPSA) is 69.7 Å². The van der Waals surface area contributed by atoms with Crippen LogP contribution in [-0.2, 0) is 9.59 Å². The summed E-state index contributed by atoms with van der Waals surface area (Å²) in [5.41, 5.74) is 3.81. The Morgan fingerprint density at radius 1 is 1.07 bits per heavy atom. The van der Waals surface area contributed by atoms with Gasteiger partial charge in [0.05, 0.1) is 17.5 Å². The molecule has 2 aliphatic heterocycles. The van der Waals surface area contributed by atoms with Gasteiger partial charge >= 0.3 is 0 Å². The van der Waals surface area contributed by atoms with E-state index in [-0.39, 0.29) is 29.6 Å². The van der Waals surface area contributed by atoms with Crippen LogP contribution < -0.4 is 10.4 Å². The van der Waals surface area contributed by atoms with E-state index in [1.54, 1.807) is 24.3 Å². The average molecular weight is 367 g/mol. The lowest BCUT2D eigenvalue weighted by molar-refractivity contribution is -0.139. The molecule has 6 heteroatoms. The average Bonchev–Trinajstić information content (AvgIpc) is 2.71. The molecule has 2 unspecified atom stereocenters. The lowest BCUT2D eigenvalue weighted by Gasteiger charge is -2.38. The predicted molar refractivity (Wildman–Crippen MR) is 102 cm³/mol. The van der Waals surface area contributed by atoms with Crippen LogP contribution in [0.1, 0.15) is 43.0 Å². The van der Waals surface area contributed by atoms with Crippen LogP contribution in [0.15, 0.2) is 36.4 Å². The summed E-state index contributed by atoms with van der Waals surface area (Å²) in [7, 11) is 0. The highest BCUT2D eigenvalue weighted by atomic mass is 16.2. The third-order valence-corrected chi connectivity index (χ3v) is 5.95. The minimum Gasteiger partial charge on any atom is -0.339 e. The van der Waals surface area contributed by atoms with Gasteiger partial charge in [-0.15, -0.1) is 0 Å². The molecule has 3 amide bonds. The van der Waals surface area contributed by atoms with Gasteiger partial charge in [-0.2, -0.15) is 0 Å². The zero-order valence-electron chi connectivity index (χ0n) is 15.6. The van der Waals surface area contributed by atoms with Gasteiger partial charge in [0.15, 0.2) is 0 Å². The van der Waals surface area contributed by atoms with Crippen molar-refractivity contribution in [2.45, 2.75) is 32.6 Å². The molecule has 2 saturated heterocycles. The van der Waals surface area contributed by atoms with Gasteiger partial charge in [0.2, 0.25) is 11.8 Å². The van der Waals surface area contributed by atoms with Gasteiger partial charge in [-0.05, 0) is 49.8 Å². The van der Waals surface area contributed by atoms with E-state index in [2.05, 4.69) is 12.3 Å². The molecule has 0 aromatic heterocycles. The molecule has 2 heterocycles. The van der Waals surface area contributed by atoms with Gasteiger partial charge in [-0.1, -0.05) is 25.1 Å². The lowest BCUT2D eigenvalue weighted by Crippen LogP contribution is -2.59. The van der Waals surface area contributed by atoms with Crippen LogP contribution in [0.3, 0.4) is 0 Å². The van der Waals surface area contributed by atoms with Crippen LogP contribution in [0.5, 0.6) is 0 Å². The molecule has 4 rings (SSSR count).